The van der Waals surface area contributed by atoms with Crippen molar-refractivity contribution in [2.45, 2.75) is 31.9 Å². The number of ether oxygens (including phenoxy) is 3. The van der Waals surface area contributed by atoms with Crippen molar-refractivity contribution in [2.24, 2.45) is 0 Å². The van der Waals surface area contributed by atoms with E-state index in [4.69, 9.17) is 14.2 Å². The molecule has 0 saturated heterocycles. The minimum atomic E-state index is -2.12. The van der Waals surface area contributed by atoms with Gasteiger partial charge in [0.1, 0.15) is 23.0 Å². The Kier molecular flexibility index (Phi) is 4.71. The zero-order chi connectivity index (χ0) is 21.6. The summed E-state index contributed by atoms with van der Waals surface area (Å²) in [7, 11) is 2.26. The maximum Gasteiger partial charge on any atom is 0.340 e. The van der Waals surface area contributed by atoms with Crippen LogP contribution < -0.4 is 10.1 Å². The van der Waals surface area contributed by atoms with Crippen molar-refractivity contribution in [1.29, 1.82) is 5.26 Å². The Hall–Kier alpha value is -3.60. The summed E-state index contributed by atoms with van der Waals surface area (Å²) in [5.74, 6) is -2.29. The predicted molar refractivity (Wildman–Crippen MR) is 101 cm³/mol. The quantitative estimate of drug-likeness (QED) is 0.770. The van der Waals surface area contributed by atoms with Gasteiger partial charge in [0.15, 0.2) is 0 Å². The second kappa shape index (κ2) is 6.78. The molecule has 8 nitrogen and oxygen atoms in total. The highest BCUT2D eigenvalue weighted by atomic mass is 16.5. The third-order valence-corrected chi connectivity index (χ3v) is 4.56. The number of esters is 2. The van der Waals surface area contributed by atoms with Gasteiger partial charge in [0, 0.05) is 5.54 Å². The second-order valence-corrected chi connectivity index (χ2v) is 7.58. The Bertz CT molecular complexity index is 1040. The van der Waals surface area contributed by atoms with Crippen LogP contribution in [0.1, 0.15) is 31.1 Å². The summed E-state index contributed by atoms with van der Waals surface area (Å²) < 4.78 is 15.7. The molecule has 29 heavy (non-hydrogen) atoms. The molecule has 2 aliphatic rings. The molecular weight excluding hydrogens is 376 g/mol. The van der Waals surface area contributed by atoms with E-state index in [2.05, 4.69) is 5.32 Å². The highest BCUT2D eigenvalue weighted by Crippen LogP contribution is 2.50. The molecule has 1 aromatic carbocycles. The number of carbonyl (C=O) groups excluding carboxylic acids is 3. The van der Waals surface area contributed by atoms with Crippen LogP contribution in [0.2, 0.25) is 0 Å². The van der Waals surface area contributed by atoms with E-state index in [1.807, 2.05) is 6.07 Å². The van der Waals surface area contributed by atoms with Crippen molar-refractivity contribution >= 4 is 17.7 Å². The Morgan fingerprint density at radius 3 is 2.28 bits per heavy atom. The molecule has 0 saturated carbocycles. The molecule has 1 N–H and O–H groups in total. The summed E-state index contributed by atoms with van der Waals surface area (Å²) >= 11 is 0. The van der Waals surface area contributed by atoms with Gasteiger partial charge in [-0.15, -0.1) is 0 Å². The lowest BCUT2D eigenvalue weighted by molar-refractivity contribution is -0.140. The van der Waals surface area contributed by atoms with Gasteiger partial charge in [0.2, 0.25) is 11.4 Å². The van der Waals surface area contributed by atoms with E-state index in [-0.39, 0.29) is 33.7 Å². The first kappa shape index (κ1) is 20.1. The molecule has 0 radical (unpaired) electrons. The standard InChI is InChI=1S/C21H20N2O6/c1-20(2,3)23-16-12(10-22)21(15(19(26)28-5)14(16)18(25)27-4)17(24)11-8-6-7-9-13(11)29-21/h6-9,23H,1-5H3. The summed E-state index contributed by atoms with van der Waals surface area (Å²) in [6.07, 6.45) is 0. The molecule has 0 aromatic heterocycles. The highest BCUT2D eigenvalue weighted by Gasteiger charge is 2.63. The number of benzene rings is 1. The lowest BCUT2D eigenvalue weighted by atomic mass is 9.84. The molecule has 1 aliphatic heterocycles. The molecule has 1 atom stereocenters. The molecule has 8 heteroatoms. The normalized spacial score (nSPS) is 20.3. The highest BCUT2D eigenvalue weighted by molar-refractivity contribution is 6.21. The fraction of sp³-hybridized carbons (Fsp3) is 0.333. The first-order valence-electron chi connectivity index (χ1n) is 8.80. The number of nitrogens with one attached hydrogen (secondary N) is 1. The van der Waals surface area contributed by atoms with Crippen LogP contribution >= 0.6 is 0 Å². The molecule has 0 bridgehead atoms. The van der Waals surface area contributed by atoms with Gasteiger partial charge < -0.3 is 19.5 Å². The first-order chi connectivity index (χ1) is 13.6. The van der Waals surface area contributed by atoms with Gasteiger partial charge >= 0.3 is 11.9 Å². The summed E-state index contributed by atoms with van der Waals surface area (Å²) in [4.78, 5) is 38.9. The Balaban J connectivity index is 2.41. The van der Waals surface area contributed by atoms with E-state index in [0.717, 1.165) is 14.2 Å². The van der Waals surface area contributed by atoms with Crippen molar-refractivity contribution in [1.82, 2.24) is 5.32 Å². The largest absolute Gasteiger partial charge is 0.468 e. The molecule has 1 heterocycles. The van der Waals surface area contributed by atoms with Crippen molar-refractivity contribution in [3.63, 3.8) is 0 Å². The summed E-state index contributed by atoms with van der Waals surface area (Å²) in [5.41, 5.74) is -3.37. The number of Topliss-reactive ketones (excluding diaryl/α,β-unsaturated/α-hetero) is 1. The number of nitrogens with zero attached hydrogens (tertiary/aromatic N) is 1. The molecule has 1 aliphatic carbocycles. The maximum absolute atomic E-state index is 13.5. The molecule has 3 rings (SSSR count). The third kappa shape index (κ3) is 2.86. The van der Waals surface area contributed by atoms with E-state index < -0.39 is 28.9 Å². The van der Waals surface area contributed by atoms with Crippen LogP contribution in [0.3, 0.4) is 0 Å². The van der Waals surface area contributed by atoms with Gasteiger partial charge in [-0.05, 0) is 32.9 Å². The molecule has 150 valence electrons. The van der Waals surface area contributed by atoms with Crippen LogP contribution in [0.4, 0.5) is 0 Å². The van der Waals surface area contributed by atoms with E-state index in [1.54, 1.807) is 39.0 Å². The molecule has 1 aromatic rings. The van der Waals surface area contributed by atoms with Gasteiger partial charge in [0.05, 0.1) is 31.1 Å². The van der Waals surface area contributed by atoms with Crippen LogP contribution in [-0.4, -0.2) is 43.1 Å². The fourth-order valence-corrected chi connectivity index (χ4v) is 3.49. The number of nitriles is 1. The van der Waals surface area contributed by atoms with Gasteiger partial charge in [-0.3, -0.25) is 4.79 Å². The predicted octanol–water partition coefficient (Wildman–Crippen LogP) is 1.82. The van der Waals surface area contributed by atoms with Crippen LogP contribution in [0.5, 0.6) is 5.75 Å². The number of methoxy groups -OCH3 is 2. The molecular formula is C21H20N2O6. The lowest BCUT2D eigenvalue weighted by Gasteiger charge is -2.26. The number of ketones is 1. The van der Waals surface area contributed by atoms with Crippen LogP contribution in [0.25, 0.3) is 0 Å². The number of para-hydroxylation sites is 1. The average Bonchev–Trinajstić information content (AvgIpc) is 3.11. The Morgan fingerprint density at radius 2 is 1.76 bits per heavy atom. The Morgan fingerprint density at radius 1 is 1.14 bits per heavy atom. The molecule has 0 fully saturated rings. The monoisotopic (exact) mass is 396 g/mol. The van der Waals surface area contributed by atoms with Gasteiger partial charge in [-0.1, -0.05) is 12.1 Å². The van der Waals surface area contributed by atoms with Crippen molar-refractivity contribution in [3.8, 4) is 11.8 Å². The summed E-state index contributed by atoms with van der Waals surface area (Å²) in [6.45, 7) is 5.41. The van der Waals surface area contributed by atoms with E-state index >= 15 is 0 Å². The SMILES string of the molecule is COC(=O)C1=C(C(=O)OC)C2(Oc3ccccc3C2=O)C(C#N)=C1NC(C)(C)C. The zero-order valence-corrected chi connectivity index (χ0v) is 16.7. The van der Waals surface area contributed by atoms with Crippen molar-refractivity contribution in [2.75, 3.05) is 14.2 Å². The van der Waals surface area contributed by atoms with Crippen LogP contribution in [0, 0.1) is 11.3 Å². The van der Waals surface area contributed by atoms with E-state index in [1.165, 1.54) is 6.07 Å². The topological polar surface area (TPSA) is 115 Å². The van der Waals surface area contributed by atoms with E-state index in [0.29, 0.717) is 0 Å². The lowest BCUT2D eigenvalue weighted by Crippen LogP contribution is -2.46. The summed E-state index contributed by atoms with van der Waals surface area (Å²) in [6, 6.07) is 8.35. The first-order valence-corrected chi connectivity index (χ1v) is 8.80. The number of hydrogen-bond acceptors (Lipinski definition) is 8. The minimum Gasteiger partial charge on any atom is -0.468 e. The summed E-state index contributed by atoms with van der Waals surface area (Å²) in [5, 5.41) is 13.0. The number of fused-ring (bicyclic) bond motifs is 1. The van der Waals surface area contributed by atoms with Crippen molar-refractivity contribution in [3.05, 3.63) is 52.2 Å². The second-order valence-electron chi connectivity index (χ2n) is 7.58. The van der Waals surface area contributed by atoms with Crippen molar-refractivity contribution < 1.29 is 28.6 Å². The van der Waals surface area contributed by atoms with Gasteiger partial charge in [0.25, 0.3) is 0 Å². The average molecular weight is 396 g/mol. The molecule has 0 amide bonds. The Labute approximate surface area is 167 Å². The fourth-order valence-electron chi connectivity index (χ4n) is 3.49. The minimum absolute atomic E-state index is 0.00778. The molecule has 1 unspecified atom stereocenters. The smallest absolute Gasteiger partial charge is 0.340 e. The van der Waals surface area contributed by atoms with Gasteiger partial charge in [-0.25, -0.2) is 9.59 Å². The number of hydrogen-bond donors (Lipinski definition) is 1. The van der Waals surface area contributed by atoms with E-state index in [9.17, 15) is 19.6 Å². The molecule has 1 spiro atoms. The van der Waals surface area contributed by atoms with Crippen LogP contribution in [-0.2, 0) is 19.1 Å². The number of carbonyl (C=O) groups is 3. The van der Waals surface area contributed by atoms with Gasteiger partial charge in [-0.2, -0.15) is 5.26 Å². The van der Waals surface area contributed by atoms with Crippen LogP contribution in [0.15, 0.2) is 46.7 Å². The zero-order valence-electron chi connectivity index (χ0n) is 16.7. The maximum atomic E-state index is 13.5. The number of rotatable bonds is 3. The third-order valence-electron chi connectivity index (χ3n) is 4.56.